The molecule has 2 aliphatic carbocycles. The molecule has 2 aliphatic rings. The van der Waals surface area contributed by atoms with Crippen molar-refractivity contribution < 1.29 is 8.42 Å². The summed E-state index contributed by atoms with van der Waals surface area (Å²) >= 11 is 0. The second kappa shape index (κ2) is 5.46. The molecule has 0 aliphatic heterocycles. The normalized spacial score (nSPS) is 21.2. The predicted octanol–water partition coefficient (Wildman–Crippen LogP) is 2.88. The Bertz CT molecular complexity index is 837. The topological polar surface area (TPSA) is 64.0 Å². The van der Waals surface area contributed by atoms with Gasteiger partial charge in [-0.3, -0.25) is 4.68 Å². The number of aryl methyl sites for hydroxylation is 2. The summed E-state index contributed by atoms with van der Waals surface area (Å²) in [6.07, 6.45) is 8.24. The van der Waals surface area contributed by atoms with Gasteiger partial charge in [0.25, 0.3) is 0 Å². The molecule has 1 saturated carbocycles. The van der Waals surface area contributed by atoms with Crippen molar-refractivity contribution in [3.8, 4) is 0 Å². The first-order valence-corrected chi connectivity index (χ1v) is 9.67. The molecule has 1 unspecified atom stereocenters. The molecule has 5 nitrogen and oxygen atoms in total. The van der Waals surface area contributed by atoms with Crippen LogP contribution < -0.4 is 4.72 Å². The van der Waals surface area contributed by atoms with E-state index in [1.165, 1.54) is 23.7 Å². The van der Waals surface area contributed by atoms with Crippen LogP contribution in [0, 0.1) is 6.92 Å². The molecule has 1 fully saturated rings. The van der Waals surface area contributed by atoms with Crippen LogP contribution >= 0.6 is 0 Å². The van der Waals surface area contributed by atoms with Crippen molar-refractivity contribution in [2.24, 2.45) is 0 Å². The van der Waals surface area contributed by atoms with Crippen molar-refractivity contribution in [1.82, 2.24) is 14.5 Å². The van der Waals surface area contributed by atoms with E-state index in [4.69, 9.17) is 0 Å². The average molecular weight is 331 g/mol. The van der Waals surface area contributed by atoms with Gasteiger partial charge in [0.1, 0.15) is 4.90 Å². The largest absolute Gasteiger partial charge is 0.268 e. The van der Waals surface area contributed by atoms with Gasteiger partial charge in [-0.25, -0.2) is 13.1 Å². The summed E-state index contributed by atoms with van der Waals surface area (Å²) in [6.45, 7) is 2.06. The van der Waals surface area contributed by atoms with Crippen LogP contribution in [0.15, 0.2) is 35.5 Å². The lowest BCUT2D eigenvalue weighted by molar-refractivity contribution is 0.289. The lowest BCUT2D eigenvalue weighted by Gasteiger charge is -2.25. The number of fused-ring (bicyclic) bond motifs is 1. The minimum Gasteiger partial charge on any atom is -0.268 e. The van der Waals surface area contributed by atoms with E-state index in [0.29, 0.717) is 6.04 Å². The lowest BCUT2D eigenvalue weighted by atomic mass is 9.93. The summed E-state index contributed by atoms with van der Waals surface area (Å²) in [7, 11) is -3.53. The van der Waals surface area contributed by atoms with E-state index in [9.17, 15) is 8.42 Å². The summed E-state index contributed by atoms with van der Waals surface area (Å²) in [4.78, 5) is 0.268. The average Bonchev–Trinajstić information content (AvgIpc) is 3.05. The molecule has 0 spiro atoms. The Morgan fingerprint density at radius 3 is 2.83 bits per heavy atom. The smallest absolute Gasteiger partial charge is 0.244 e. The minimum absolute atomic E-state index is 0.136. The zero-order valence-corrected chi connectivity index (χ0v) is 14.0. The third kappa shape index (κ3) is 2.70. The van der Waals surface area contributed by atoms with Crippen molar-refractivity contribution in [2.75, 3.05) is 0 Å². The number of nitrogens with zero attached hydrogens (tertiary/aromatic N) is 2. The van der Waals surface area contributed by atoms with Gasteiger partial charge in [0.15, 0.2) is 0 Å². The number of hydrogen-bond donors (Lipinski definition) is 1. The maximum absolute atomic E-state index is 12.6. The summed E-state index contributed by atoms with van der Waals surface area (Å²) in [6, 6.07) is 6.47. The third-order valence-electron chi connectivity index (χ3n) is 5.01. The number of rotatable bonds is 4. The molecule has 1 aromatic carbocycles. The highest BCUT2D eigenvalue weighted by atomic mass is 32.2. The molecule has 122 valence electrons. The zero-order valence-electron chi connectivity index (χ0n) is 13.2. The molecule has 0 bridgehead atoms. The number of nitrogens with one attached hydrogen (secondary N) is 1. The fourth-order valence-electron chi connectivity index (χ4n) is 3.43. The number of benzene rings is 1. The zero-order chi connectivity index (χ0) is 16.0. The molecule has 1 N–H and O–H groups in total. The van der Waals surface area contributed by atoms with E-state index < -0.39 is 10.0 Å². The van der Waals surface area contributed by atoms with E-state index in [0.717, 1.165) is 31.2 Å². The standard InChI is InChI=1S/C17H21N3O2S/c1-12-5-7-16-13(9-12)6-8-17(16)19-23(21,22)15-10-18-20(11-15)14-3-2-4-14/h5,7,9-11,14,17,19H,2-4,6,8H2,1H3. The van der Waals surface area contributed by atoms with Crippen LogP contribution in [0.5, 0.6) is 0 Å². The molecule has 0 saturated heterocycles. The first kappa shape index (κ1) is 14.9. The lowest BCUT2D eigenvalue weighted by Crippen LogP contribution is -2.27. The van der Waals surface area contributed by atoms with Gasteiger partial charge in [0.2, 0.25) is 10.0 Å². The van der Waals surface area contributed by atoms with E-state index >= 15 is 0 Å². The monoisotopic (exact) mass is 331 g/mol. The first-order chi connectivity index (χ1) is 11.0. The summed E-state index contributed by atoms with van der Waals surface area (Å²) in [5.41, 5.74) is 3.57. The Morgan fingerprint density at radius 2 is 2.09 bits per heavy atom. The Labute approximate surface area is 136 Å². The van der Waals surface area contributed by atoms with Gasteiger partial charge in [-0.2, -0.15) is 5.10 Å². The maximum atomic E-state index is 12.6. The van der Waals surface area contributed by atoms with Gasteiger partial charge in [-0.05, 0) is 50.2 Å². The van der Waals surface area contributed by atoms with Crippen molar-refractivity contribution >= 4 is 10.0 Å². The van der Waals surface area contributed by atoms with E-state index in [-0.39, 0.29) is 10.9 Å². The van der Waals surface area contributed by atoms with Crippen LogP contribution in [-0.4, -0.2) is 18.2 Å². The van der Waals surface area contributed by atoms with Crippen LogP contribution in [0.3, 0.4) is 0 Å². The van der Waals surface area contributed by atoms with Gasteiger partial charge in [0.05, 0.1) is 12.2 Å². The van der Waals surface area contributed by atoms with Gasteiger partial charge < -0.3 is 0 Å². The van der Waals surface area contributed by atoms with E-state index in [2.05, 4.69) is 22.8 Å². The van der Waals surface area contributed by atoms with Gasteiger partial charge in [-0.1, -0.05) is 23.8 Å². The Hall–Kier alpha value is -1.66. The Balaban J connectivity index is 1.55. The summed E-state index contributed by atoms with van der Waals surface area (Å²) < 4.78 is 29.9. The fraction of sp³-hybridized carbons (Fsp3) is 0.471. The van der Waals surface area contributed by atoms with Crippen LogP contribution in [0.25, 0.3) is 0 Å². The second-order valence-corrected chi connectivity index (χ2v) is 8.37. The second-order valence-electron chi connectivity index (χ2n) is 6.66. The minimum atomic E-state index is -3.53. The molecular weight excluding hydrogens is 310 g/mol. The highest BCUT2D eigenvalue weighted by Gasteiger charge is 2.29. The third-order valence-corrected chi connectivity index (χ3v) is 6.44. The molecule has 1 aromatic heterocycles. The molecule has 0 radical (unpaired) electrons. The van der Waals surface area contributed by atoms with Crippen molar-refractivity contribution in [3.05, 3.63) is 47.3 Å². The highest BCUT2D eigenvalue weighted by Crippen LogP contribution is 2.34. The van der Waals surface area contributed by atoms with Crippen molar-refractivity contribution in [3.63, 3.8) is 0 Å². The molecule has 23 heavy (non-hydrogen) atoms. The van der Waals surface area contributed by atoms with Crippen LogP contribution in [-0.2, 0) is 16.4 Å². The van der Waals surface area contributed by atoms with E-state index in [1.54, 1.807) is 10.9 Å². The molecule has 4 rings (SSSR count). The van der Waals surface area contributed by atoms with Crippen molar-refractivity contribution in [1.29, 1.82) is 0 Å². The summed E-state index contributed by atoms with van der Waals surface area (Å²) in [5.74, 6) is 0. The maximum Gasteiger partial charge on any atom is 0.244 e. The number of hydrogen-bond acceptors (Lipinski definition) is 3. The number of sulfonamides is 1. The van der Waals surface area contributed by atoms with E-state index in [1.807, 2.05) is 12.1 Å². The number of aromatic nitrogens is 2. The quantitative estimate of drug-likeness (QED) is 0.937. The molecule has 0 amide bonds. The summed E-state index contributed by atoms with van der Waals surface area (Å²) in [5, 5.41) is 4.23. The van der Waals surface area contributed by atoms with Crippen LogP contribution in [0.4, 0.5) is 0 Å². The van der Waals surface area contributed by atoms with Crippen LogP contribution in [0.2, 0.25) is 0 Å². The van der Waals surface area contributed by atoms with Gasteiger partial charge in [0, 0.05) is 12.2 Å². The highest BCUT2D eigenvalue weighted by molar-refractivity contribution is 7.89. The molecule has 1 heterocycles. The van der Waals surface area contributed by atoms with Crippen molar-refractivity contribution in [2.45, 2.75) is 56.0 Å². The van der Waals surface area contributed by atoms with Gasteiger partial charge in [-0.15, -0.1) is 0 Å². The molecule has 6 heteroatoms. The SMILES string of the molecule is Cc1ccc2c(c1)CCC2NS(=O)(=O)c1cnn(C2CCC2)c1. The molecule has 1 atom stereocenters. The molecular formula is C17H21N3O2S. The molecule has 2 aromatic rings. The first-order valence-electron chi connectivity index (χ1n) is 8.19. The van der Waals surface area contributed by atoms with Gasteiger partial charge >= 0.3 is 0 Å². The Kier molecular flexibility index (Phi) is 3.54. The Morgan fingerprint density at radius 1 is 1.26 bits per heavy atom. The predicted molar refractivity (Wildman–Crippen MR) is 87.7 cm³/mol. The fourth-order valence-corrected chi connectivity index (χ4v) is 4.62. The van der Waals surface area contributed by atoms with Crippen LogP contribution in [0.1, 0.15) is 54.5 Å².